The first kappa shape index (κ1) is 17.3. The Labute approximate surface area is 139 Å². The average Bonchev–Trinajstić information content (AvgIpc) is 3.13. The van der Waals surface area contributed by atoms with Crippen LogP contribution >= 0.6 is 0 Å². The van der Waals surface area contributed by atoms with Crippen molar-refractivity contribution in [2.75, 3.05) is 7.11 Å². The molecule has 24 heavy (non-hydrogen) atoms. The minimum atomic E-state index is -0.460. The van der Waals surface area contributed by atoms with E-state index in [1.54, 1.807) is 20.1 Å². The molecule has 0 radical (unpaired) electrons. The Bertz CT molecular complexity index is 706. The Hall–Kier alpha value is -3.09. The van der Waals surface area contributed by atoms with E-state index in [1.165, 1.54) is 12.3 Å². The van der Waals surface area contributed by atoms with E-state index in [2.05, 4.69) is 15.8 Å². The molecule has 0 aliphatic heterocycles. The van der Waals surface area contributed by atoms with Crippen molar-refractivity contribution in [3.8, 4) is 5.75 Å². The Morgan fingerprint density at radius 3 is 2.58 bits per heavy atom. The van der Waals surface area contributed by atoms with Crippen molar-refractivity contribution in [3.63, 3.8) is 0 Å². The van der Waals surface area contributed by atoms with E-state index in [4.69, 9.17) is 9.15 Å². The van der Waals surface area contributed by atoms with Gasteiger partial charge in [-0.2, -0.15) is 5.10 Å². The van der Waals surface area contributed by atoms with Gasteiger partial charge in [0.15, 0.2) is 5.76 Å². The van der Waals surface area contributed by atoms with Crippen molar-refractivity contribution < 1.29 is 18.7 Å². The molecule has 7 heteroatoms. The van der Waals surface area contributed by atoms with Crippen LogP contribution < -0.4 is 15.5 Å². The first-order valence-electron chi connectivity index (χ1n) is 7.35. The fourth-order valence-corrected chi connectivity index (χ4v) is 1.89. The predicted octanol–water partition coefficient (Wildman–Crippen LogP) is 2.10. The maximum absolute atomic E-state index is 11.9. The number of hydrogen-bond donors (Lipinski definition) is 2. The van der Waals surface area contributed by atoms with Crippen LogP contribution in [0, 0.1) is 0 Å². The Morgan fingerprint density at radius 2 is 1.96 bits per heavy atom. The first-order valence-corrected chi connectivity index (χ1v) is 7.35. The molecule has 126 valence electrons. The monoisotopic (exact) mass is 329 g/mol. The van der Waals surface area contributed by atoms with Gasteiger partial charge in [-0.1, -0.05) is 12.1 Å². The van der Waals surface area contributed by atoms with Crippen molar-refractivity contribution >= 4 is 17.5 Å². The molecule has 2 N–H and O–H groups in total. The molecular formula is C17H19N3O4. The number of hydrogen-bond acceptors (Lipinski definition) is 5. The first-order chi connectivity index (χ1) is 11.6. The molecule has 1 aromatic carbocycles. The summed E-state index contributed by atoms with van der Waals surface area (Å²) in [6.45, 7) is 2.07. The van der Waals surface area contributed by atoms with Crippen molar-refractivity contribution in [3.05, 3.63) is 54.0 Å². The van der Waals surface area contributed by atoms with Gasteiger partial charge < -0.3 is 14.5 Å². The highest BCUT2D eigenvalue weighted by Crippen LogP contribution is 2.10. The molecule has 0 aliphatic carbocycles. The Morgan fingerprint density at radius 1 is 1.21 bits per heavy atom. The van der Waals surface area contributed by atoms with E-state index >= 15 is 0 Å². The van der Waals surface area contributed by atoms with E-state index in [1.807, 2.05) is 24.3 Å². The molecule has 0 saturated heterocycles. The molecule has 2 aromatic rings. The molecule has 0 atom stereocenters. The van der Waals surface area contributed by atoms with Gasteiger partial charge in [0.25, 0.3) is 0 Å². The van der Waals surface area contributed by atoms with Gasteiger partial charge in [0.1, 0.15) is 5.75 Å². The van der Waals surface area contributed by atoms with Crippen LogP contribution in [0.1, 0.15) is 29.5 Å². The van der Waals surface area contributed by atoms with Crippen LogP contribution in [0.5, 0.6) is 5.75 Å². The number of methoxy groups -OCH3 is 1. The molecule has 7 nitrogen and oxygen atoms in total. The maximum Gasteiger partial charge on any atom is 0.307 e. The van der Waals surface area contributed by atoms with Gasteiger partial charge in [-0.25, -0.2) is 5.43 Å². The van der Waals surface area contributed by atoms with Gasteiger partial charge in [0, 0.05) is 12.3 Å². The lowest BCUT2D eigenvalue weighted by molar-refractivity contribution is -0.120. The number of hydrazone groups is 1. The number of furan rings is 1. The number of nitrogens with one attached hydrogen (secondary N) is 2. The van der Waals surface area contributed by atoms with E-state index in [0.29, 0.717) is 12.3 Å². The second-order valence-electron chi connectivity index (χ2n) is 5.07. The van der Waals surface area contributed by atoms with Crippen LogP contribution in [-0.2, 0) is 11.3 Å². The molecule has 0 spiro atoms. The van der Waals surface area contributed by atoms with Gasteiger partial charge in [0.05, 0.1) is 19.8 Å². The lowest BCUT2D eigenvalue weighted by atomic mass is 10.2. The normalized spacial score (nSPS) is 11.0. The average molecular weight is 329 g/mol. The Balaban J connectivity index is 1.76. The molecule has 0 saturated carbocycles. The van der Waals surface area contributed by atoms with Crippen molar-refractivity contribution in [2.24, 2.45) is 5.10 Å². The molecule has 1 aromatic heterocycles. The van der Waals surface area contributed by atoms with Crippen LogP contribution in [0.2, 0.25) is 0 Å². The summed E-state index contributed by atoms with van der Waals surface area (Å²) in [6, 6.07) is 10.6. The van der Waals surface area contributed by atoms with E-state index in [-0.39, 0.29) is 18.1 Å². The third-order valence-corrected chi connectivity index (χ3v) is 3.16. The quantitative estimate of drug-likeness (QED) is 0.601. The number of amides is 2. The highest BCUT2D eigenvalue weighted by atomic mass is 16.5. The van der Waals surface area contributed by atoms with Crippen LogP contribution in [0.25, 0.3) is 0 Å². The molecule has 0 aliphatic rings. The van der Waals surface area contributed by atoms with Gasteiger partial charge in [0.2, 0.25) is 5.91 Å². The number of rotatable bonds is 7. The summed E-state index contributed by atoms with van der Waals surface area (Å²) in [5.74, 6) is 0.285. The fourth-order valence-electron chi connectivity index (χ4n) is 1.89. The van der Waals surface area contributed by atoms with Crippen molar-refractivity contribution in [1.82, 2.24) is 10.7 Å². The standard InChI is InChI=1S/C17H19N3O4/c1-12(19-20-17(22)15-4-3-9-24-15)10-16(21)18-11-13-5-7-14(23-2)8-6-13/h3-9H,10-11H2,1-2H3,(H,18,21)(H,20,22). The van der Waals surface area contributed by atoms with Gasteiger partial charge >= 0.3 is 5.91 Å². The summed E-state index contributed by atoms with van der Waals surface area (Å²) < 4.78 is 10.0. The van der Waals surface area contributed by atoms with Gasteiger partial charge in [-0.15, -0.1) is 0 Å². The largest absolute Gasteiger partial charge is 0.497 e. The summed E-state index contributed by atoms with van der Waals surface area (Å²) in [4.78, 5) is 23.5. The second kappa shape index (κ2) is 8.52. The molecule has 2 rings (SSSR count). The third kappa shape index (κ3) is 5.28. The maximum atomic E-state index is 11.9. The van der Waals surface area contributed by atoms with Gasteiger partial charge in [-0.05, 0) is 36.8 Å². The predicted molar refractivity (Wildman–Crippen MR) is 88.7 cm³/mol. The van der Waals surface area contributed by atoms with Crippen molar-refractivity contribution in [2.45, 2.75) is 19.9 Å². The molecule has 0 fully saturated rings. The van der Waals surface area contributed by atoms with Gasteiger partial charge in [-0.3, -0.25) is 9.59 Å². The summed E-state index contributed by atoms with van der Waals surface area (Å²) in [5.41, 5.74) is 3.79. The minimum Gasteiger partial charge on any atom is -0.497 e. The molecule has 0 bridgehead atoms. The smallest absolute Gasteiger partial charge is 0.307 e. The van der Waals surface area contributed by atoms with Crippen LogP contribution in [0.4, 0.5) is 0 Å². The number of nitrogens with zero attached hydrogens (tertiary/aromatic N) is 1. The van der Waals surface area contributed by atoms with E-state index in [0.717, 1.165) is 11.3 Å². The summed E-state index contributed by atoms with van der Waals surface area (Å²) >= 11 is 0. The zero-order valence-corrected chi connectivity index (χ0v) is 13.5. The second-order valence-corrected chi connectivity index (χ2v) is 5.07. The lowest BCUT2D eigenvalue weighted by Gasteiger charge is -2.06. The van der Waals surface area contributed by atoms with Crippen molar-refractivity contribution in [1.29, 1.82) is 0 Å². The minimum absolute atomic E-state index is 0.0919. The highest BCUT2D eigenvalue weighted by molar-refractivity contribution is 6.00. The zero-order valence-electron chi connectivity index (χ0n) is 13.5. The molecule has 1 heterocycles. The number of benzene rings is 1. The summed E-state index contributed by atoms with van der Waals surface area (Å²) in [7, 11) is 1.60. The van der Waals surface area contributed by atoms with Crippen LogP contribution in [0.3, 0.4) is 0 Å². The number of ether oxygens (including phenoxy) is 1. The van der Waals surface area contributed by atoms with E-state index < -0.39 is 5.91 Å². The van der Waals surface area contributed by atoms with Crippen LogP contribution in [0.15, 0.2) is 52.2 Å². The van der Waals surface area contributed by atoms with E-state index in [9.17, 15) is 9.59 Å². The lowest BCUT2D eigenvalue weighted by Crippen LogP contribution is -2.26. The third-order valence-electron chi connectivity index (χ3n) is 3.16. The number of carbonyl (C=O) groups excluding carboxylic acids is 2. The number of carbonyl (C=O) groups is 2. The summed E-state index contributed by atoms with van der Waals surface area (Å²) in [5, 5.41) is 6.67. The zero-order chi connectivity index (χ0) is 17.4. The highest BCUT2D eigenvalue weighted by Gasteiger charge is 2.08. The van der Waals surface area contributed by atoms with Crippen LogP contribution in [-0.4, -0.2) is 24.6 Å². The molecule has 0 unspecified atom stereocenters. The summed E-state index contributed by atoms with van der Waals surface area (Å²) in [6.07, 6.45) is 1.49. The Kier molecular flexibility index (Phi) is 6.13. The molecule has 2 amide bonds. The fraction of sp³-hybridized carbons (Fsp3) is 0.235. The topological polar surface area (TPSA) is 92.9 Å². The SMILES string of the molecule is COc1ccc(CNC(=O)CC(C)=NNC(=O)c2ccco2)cc1. The molecular weight excluding hydrogens is 310 g/mol.